The van der Waals surface area contributed by atoms with Crippen LogP contribution in [-0.4, -0.2) is 44.1 Å². The van der Waals surface area contributed by atoms with Crippen molar-refractivity contribution < 1.29 is 46.3 Å². The summed E-state index contributed by atoms with van der Waals surface area (Å²) in [5.74, 6) is -2.76. The SMILES string of the molecule is CNS(=O)(=O)c1ccc(-c2ccc(C(C(=O)NO)c3ccccc3)cc2)cc1.O=C(NO)C(c1ccccc1)c1ccc(-c2cccc(OC(F)(F)F)c2)cc1. The zero-order valence-electron chi connectivity index (χ0n) is 29.6. The van der Waals surface area contributed by atoms with Crippen LogP contribution < -0.4 is 20.4 Å². The van der Waals surface area contributed by atoms with E-state index in [0.717, 1.165) is 22.3 Å². The second kappa shape index (κ2) is 18.3. The second-order valence-corrected chi connectivity index (χ2v) is 14.1. The van der Waals surface area contributed by atoms with Crippen LogP contribution in [0.4, 0.5) is 13.2 Å². The first kappa shape index (κ1) is 40.9. The van der Waals surface area contributed by atoms with E-state index in [1.807, 2.05) is 60.7 Å². The maximum absolute atomic E-state index is 12.4. The van der Waals surface area contributed by atoms with Gasteiger partial charge in [-0.05, 0) is 75.8 Å². The molecule has 6 aromatic rings. The summed E-state index contributed by atoms with van der Waals surface area (Å²) in [6.45, 7) is 0. The van der Waals surface area contributed by atoms with Gasteiger partial charge in [0.1, 0.15) is 5.75 Å². The van der Waals surface area contributed by atoms with E-state index in [0.29, 0.717) is 22.3 Å². The van der Waals surface area contributed by atoms with Gasteiger partial charge in [-0.15, -0.1) is 13.2 Å². The predicted molar refractivity (Wildman–Crippen MR) is 203 cm³/mol. The number of ether oxygens (including phenoxy) is 1. The zero-order valence-corrected chi connectivity index (χ0v) is 30.5. The average Bonchev–Trinajstić information content (AvgIpc) is 3.22. The van der Waals surface area contributed by atoms with E-state index in [1.54, 1.807) is 89.8 Å². The van der Waals surface area contributed by atoms with E-state index < -0.39 is 40.0 Å². The minimum Gasteiger partial charge on any atom is -0.406 e. The molecule has 0 fully saturated rings. The third-order valence-corrected chi connectivity index (χ3v) is 10.1. The summed E-state index contributed by atoms with van der Waals surface area (Å²) in [5.41, 5.74) is 9.16. The van der Waals surface area contributed by atoms with Crippen molar-refractivity contribution in [1.82, 2.24) is 15.7 Å². The van der Waals surface area contributed by atoms with Gasteiger partial charge in [0.15, 0.2) is 0 Å². The van der Waals surface area contributed by atoms with Gasteiger partial charge >= 0.3 is 6.36 Å². The van der Waals surface area contributed by atoms with Gasteiger partial charge in [0.05, 0.1) is 16.7 Å². The lowest BCUT2D eigenvalue weighted by molar-refractivity contribution is -0.274. The zero-order chi connectivity index (χ0) is 40.3. The monoisotopic (exact) mass is 783 g/mol. The van der Waals surface area contributed by atoms with Crippen LogP contribution in [0.2, 0.25) is 0 Å². The van der Waals surface area contributed by atoms with Crippen LogP contribution in [0.15, 0.2) is 163 Å². The Morgan fingerprint density at radius 1 is 0.554 bits per heavy atom. The van der Waals surface area contributed by atoms with E-state index in [-0.39, 0.29) is 10.6 Å². The highest BCUT2D eigenvalue weighted by Crippen LogP contribution is 2.32. The first-order chi connectivity index (χ1) is 26.8. The first-order valence-corrected chi connectivity index (χ1v) is 18.4. The lowest BCUT2D eigenvalue weighted by atomic mass is 9.89. The molecule has 56 heavy (non-hydrogen) atoms. The van der Waals surface area contributed by atoms with Gasteiger partial charge in [-0.2, -0.15) is 0 Å². The molecule has 0 bridgehead atoms. The number of hydrogen-bond donors (Lipinski definition) is 5. The number of sulfonamides is 1. The highest BCUT2D eigenvalue weighted by atomic mass is 32.2. The number of halogens is 3. The smallest absolute Gasteiger partial charge is 0.406 e. The Balaban J connectivity index is 0.000000214. The fourth-order valence-corrected chi connectivity index (χ4v) is 6.69. The first-order valence-electron chi connectivity index (χ1n) is 16.9. The second-order valence-electron chi connectivity index (χ2n) is 12.2. The summed E-state index contributed by atoms with van der Waals surface area (Å²) in [6.07, 6.45) is -4.76. The fraction of sp³-hybridized carbons (Fsp3) is 0.0952. The molecule has 6 aromatic carbocycles. The molecule has 0 aromatic heterocycles. The topological polar surface area (TPSA) is 154 Å². The van der Waals surface area contributed by atoms with Gasteiger partial charge in [-0.25, -0.2) is 24.1 Å². The summed E-state index contributed by atoms with van der Waals surface area (Å²) in [4.78, 5) is 24.6. The van der Waals surface area contributed by atoms with E-state index in [9.17, 15) is 31.2 Å². The molecule has 6 rings (SSSR count). The molecule has 14 heteroatoms. The van der Waals surface area contributed by atoms with Gasteiger partial charge in [0, 0.05) is 0 Å². The molecule has 0 spiro atoms. The Bertz CT molecular complexity index is 2330. The molecule has 0 radical (unpaired) electrons. The van der Waals surface area contributed by atoms with Crippen LogP contribution >= 0.6 is 0 Å². The Morgan fingerprint density at radius 2 is 0.946 bits per heavy atom. The van der Waals surface area contributed by atoms with Crippen LogP contribution in [0.5, 0.6) is 5.75 Å². The third-order valence-electron chi connectivity index (χ3n) is 8.67. The molecule has 2 amide bonds. The maximum atomic E-state index is 12.4. The van der Waals surface area contributed by atoms with Gasteiger partial charge in [0.2, 0.25) is 10.0 Å². The molecule has 10 nitrogen and oxygen atoms in total. The minimum atomic E-state index is -4.76. The molecule has 2 unspecified atom stereocenters. The maximum Gasteiger partial charge on any atom is 0.573 e. The van der Waals surface area contributed by atoms with Crippen LogP contribution in [0.25, 0.3) is 22.3 Å². The lowest BCUT2D eigenvalue weighted by Gasteiger charge is -2.16. The molecule has 288 valence electrons. The number of hydrogen-bond acceptors (Lipinski definition) is 7. The van der Waals surface area contributed by atoms with E-state index in [4.69, 9.17) is 10.4 Å². The summed E-state index contributed by atoms with van der Waals surface area (Å²) in [5, 5.41) is 18.2. The molecule has 0 aliphatic rings. The van der Waals surface area contributed by atoms with Crippen LogP contribution in [0.3, 0.4) is 0 Å². The summed E-state index contributed by atoms with van der Waals surface area (Å²) in [7, 11) is -2.11. The largest absolute Gasteiger partial charge is 0.573 e. The van der Waals surface area contributed by atoms with Crippen LogP contribution in [0.1, 0.15) is 34.1 Å². The van der Waals surface area contributed by atoms with Crippen molar-refractivity contribution in [3.05, 3.63) is 180 Å². The number of amides is 2. The van der Waals surface area contributed by atoms with Gasteiger partial charge in [-0.1, -0.05) is 133 Å². The van der Waals surface area contributed by atoms with Crippen molar-refractivity contribution in [3.63, 3.8) is 0 Å². The molecule has 5 N–H and O–H groups in total. The quantitative estimate of drug-likeness (QED) is 0.0664. The van der Waals surface area contributed by atoms with Crippen molar-refractivity contribution in [1.29, 1.82) is 0 Å². The Hall–Kier alpha value is -6.32. The van der Waals surface area contributed by atoms with Crippen LogP contribution in [-0.2, 0) is 19.6 Å². The number of carbonyl (C=O) groups excluding carboxylic acids is 2. The fourth-order valence-electron chi connectivity index (χ4n) is 5.96. The average molecular weight is 784 g/mol. The van der Waals surface area contributed by atoms with Gasteiger partial charge in [-0.3, -0.25) is 20.0 Å². The van der Waals surface area contributed by atoms with Crippen LogP contribution in [0, 0.1) is 0 Å². The van der Waals surface area contributed by atoms with E-state index in [2.05, 4.69) is 9.46 Å². The van der Waals surface area contributed by atoms with Gasteiger partial charge < -0.3 is 4.74 Å². The molecular weight excluding hydrogens is 748 g/mol. The summed E-state index contributed by atoms with van der Waals surface area (Å²) >= 11 is 0. The van der Waals surface area contributed by atoms with Crippen molar-refractivity contribution >= 4 is 21.8 Å². The standard InChI is InChI=1S/C21H16F3NO3.C21H20N2O4S/c22-21(23,24)28-18-8-4-7-17(13-18)14-9-11-16(12-10-14)19(20(26)25-27)15-5-2-1-3-6-15;1-22-28(26,27)19-13-11-16(12-14-19)15-7-9-18(10-8-15)20(21(24)23-25)17-5-3-2-4-6-17/h1-13,19,27H,(H,25,26);2-14,20,22,25H,1H3,(H,23,24). The Labute approximate surface area is 321 Å². The number of rotatable bonds is 11. The molecule has 0 aliphatic carbocycles. The Morgan fingerprint density at radius 3 is 1.34 bits per heavy atom. The number of benzene rings is 6. The van der Waals surface area contributed by atoms with E-state index >= 15 is 0 Å². The van der Waals surface area contributed by atoms with Crippen molar-refractivity contribution in [3.8, 4) is 28.0 Å². The highest BCUT2D eigenvalue weighted by molar-refractivity contribution is 7.89. The predicted octanol–water partition coefficient (Wildman–Crippen LogP) is 7.79. The highest BCUT2D eigenvalue weighted by Gasteiger charge is 2.31. The van der Waals surface area contributed by atoms with E-state index in [1.165, 1.54) is 25.2 Å². The Kier molecular flexibility index (Phi) is 13.4. The minimum absolute atomic E-state index is 0.194. The molecule has 0 heterocycles. The van der Waals surface area contributed by atoms with Crippen molar-refractivity contribution in [2.45, 2.75) is 23.1 Å². The number of alkyl halides is 3. The third kappa shape index (κ3) is 10.5. The van der Waals surface area contributed by atoms with Crippen molar-refractivity contribution in [2.75, 3.05) is 7.05 Å². The number of carbonyl (C=O) groups is 2. The molecule has 0 saturated carbocycles. The number of hydroxylamine groups is 2. The summed E-state index contributed by atoms with van der Waals surface area (Å²) in [6, 6.07) is 44.4. The molecular formula is C42H36F3N3O7S. The molecule has 0 aliphatic heterocycles. The molecule has 0 saturated heterocycles. The van der Waals surface area contributed by atoms with Gasteiger partial charge in [0.25, 0.3) is 11.8 Å². The van der Waals surface area contributed by atoms with Crippen molar-refractivity contribution in [2.24, 2.45) is 0 Å². The lowest BCUT2D eigenvalue weighted by Crippen LogP contribution is -2.27. The summed E-state index contributed by atoms with van der Waals surface area (Å²) < 4.78 is 67.1. The normalized spacial score (nSPS) is 12.3. The number of nitrogens with one attached hydrogen (secondary N) is 3. The molecule has 2 atom stereocenters.